The fraction of sp³-hybridized carbons (Fsp3) is 0.889. The Morgan fingerprint density at radius 1 is 1.40 bits per heavy atom. The van der Waals surface area contributed by atoms with Gasteiger partial charge in [0.05, 0.1) is 17.8 Å². The Bertz CT molecular complexity index is 597. The highest BCUT2D eigenvalue weighted by Gasteiger charge is 2.67. The van der Waals surface area contributed by atoms with E-state index in [1.54, 1.807) is 20.8 Å². The number of carbonyl (C=O) groups is 1. The molecule has 6 nitrogen and oxygen atoms in total. The second-order valence-corrected chi connectivity index (χ2v) is 9.46. The van der Waals surface area contributed by atoms with Crippen molar-refractivity contribution in [3.05, 3.63) is 0 Å². The molecular formula is C18H29BN2O4. The highest BCUT2D eigenvalue weighted by atomic mass is 16.7. The average molecular weight is 348 g/mol. The fourth-order valence-corrected chi connectivity index (χ4v) is 4.84. The molecule has 0 spiro atoms. The van der Waals surface area contributed by atoms with Gasteiger partial charge < -0.3 is 19.4 Å². The van der Waals surface area contributed by atoms with Crippen molar-refractivity contribution < 1.29 is 18.8 Å². The van der Waals surface area contributed by atoms with Gasteiger partial charge in [0.2, 0.25) is 0 Å². The molecule has 0 unspecified atom stereocenters. The van der Waals surface area contributed by atoms with Crippen molar-refractivity contribution in [2.24, 2.45) is 17.3 Å². The molecule has 1 amide bonds. The normalized spacial score (nSPS) is 36.7. The number of nitrogens with one attached hydrogen (secondary N) is 1. The highest BCUT2D eigenvalue weighted by Crippen LogP contribution is 2.65. The van der Waals surface area contributed by atoms with E-state index in [9.17, 15) is 10.1 Å². The van der Waals surface area contributed by atoms with Crippen molar-refractivity contribution in [1.29, 1.82) is 5.26 Å². The largest absolute Gasteiger partial charge is 0.460 e. The van der Waals surface area contributed by atoms with Gasteiger partial charge in [-0.3, -0.25) is 0 Å². The summed E-state index contributed by atoms with van der Waals surface area (Å²) in [5, 5.41) is 12.0. The van der Waals surface area contributed by atoms with Crippen LogP contribution in [0.2, 0.25) is 6.32 Å². The second kappa shape index (κ2) is 5.89. The maximum Gasteiger partial charge on any atom is 0.460 e. The zero-order valence-corrected chi connectivity index (χ0v) is 16.1. The molecule has 25 heavy (non-hydrogen) atoms. The van der Waals surface area contributed by atoms with Gasteiger partial charge in [0.25, 0.3) is 0 Å². The number of nitriles is 1. The Kier molecular flexibility index (Phi) is 4.36. The van der Waals surface area contributed by atoms with E-state index in [1.807, 2.05) is 0 Å². The van der Waals surface area contributed by atoms with Crippen LogP contribution in [0.15, 0.2) is 0 Å². The fourth-order valence-electron chi connectivity index (χ4n) is 4.84. The first-order chi connectivity index (χ1) is 11.5. The maximum absolute atomic E-state index is 11.9. The monoisotopic (exact) mass is 348 g/mol. The van der Waals surface area contributed by atoms with Crippen molar-refractivity contribution in [3.8, 4) is 6.07 Å². The van der Waals surface area contributed by atoms with E-state index in [2.05, 4.69) is 32.2 Å². The summed E-state index contributed by atoms with van der Waals surface area (Å²) in [4.78, 5) is 11.9. The zero-order valence-electron chi connectivity index (χ0n) is 16.1. The van der Waals surface area contributed by atoms with E-state index in [-0.39, 0.29) is 17.1 Å². The van der Waals surface area contributed by atoms with Crippen LogP contribution in [-0.4, -0.2) is 36.6 Å². The Balaban J connectivity index is 1.59. The highest BCUT2D eigenvalue weighted by molar-refractivity contribution is 6.45. The summed E-state index contributed by atoms with van der Waals surface area (Å²) in [6.45, 7) is 12.1. The van der Waals surface area contributed by atoms with Crippen LogP contribution in [0.25, 0.3) is 0 Å². The molecule has 4 aliphatic rings. The molecule has 138 valence electrons. The number of amides is 1. The molecule has 1 saturated heterocycles. The lowest BCUT2D eigenvalue weighted by Gasteiger charge is -2.64. The molecule has 3 aliphatic carbocycles. The molecule has 0 aromatic rings. The van der Waals surface area contributed by atoms with Gasteiger partial charge in [-0.25, -0.2) is 4.79 Å². The minimum atomic E-state index is -0.702. The van der Waals surface area contributed by atoms with Crippen molar-refractivity contribution in [1.82, 2.24) is 5.32 Å². The predicted molar refractivity (Wildman–Crippen MR) is 93.7 cm³/mol. The summed E-state index contributed by atoms with van der Waals surface area (Å²) in [5.74, 6) is 1.16. The third kappa shape index (κ3) is 3.27. The van der Waals surface area contributed by atoms with Gasteiger partial charge in [0.15, 0.2) is 0 Å². The SMILES string of the molecule is CC(C)(C)OC(=O)N[C@H](C#N)CB1O[C@H]2C[C@H]3C[C@H](C3(C)C)[C@@]2(C)O1. The van der Waals surface area contributed by atoms with Gasteiger partial charge in [-0.1, -0.05) is 13.8 Å². The number of carbonyl (C=O) groups excluding carboxylic acids is 1. The zero-order chi connectivity index (χ0) is 18.6. The van der Waals surface area contributed by atoms with Crippen LogP contribution in [-0.2, 0) is 14.0 Å². The number of hydrogen-bond acceptors (Lipinski definition) is 5. The molecule has 3 saturated carbocycles. The minimum Gasteiger partial charge on any atom is -0.444 e. The summed E-state index contributed by atoms with van der Waals surface area (Å²) in [6.07, 6.45) is 1.99. The predicted octanol–water partition coefficient (Wildman–Crippen LogP) is 3.13. The lowest BCUT2D eigenvalue weighted by Crippen LogP contribution is -2.65. The summed E-state index contributed by atoms with van der Waals surface area (Å²) >= 11 is 0. The van der Waals surface area contributed by atoms with Crippen molar-refractivity contribution in [3.63, 3.8) is 0 Å². The summed E-state index contributed by atoms with van der Waals surface area (Å²) in [6, 6.07) is 1.40. The van der Waals surface area contributed by atoms with Crippen LogP contribution >= 0.6 is 0 Å². The van der Waals surface area contributed by atoms with Gasteiger partial charge in [0.1, 0.15) is 11.6 Å². The van der Waals surface area contributed by atoms with Crippen LogP contribution in [0.3, 0.4) is 0 Å². The van der Waals surface area contributed by atoms with E-state index in [4.69, 9.17) is 14.0 Å². The summed E-state index contributed by atoms with van der Waals surface area (Å²) in [5.41, 5.74) is -0.610. The van der Waals surface area contributed by atoms with Crippen LogP contribution in [0.4, 0.5) is 4.79 Å². The van der Waals surface area contributed by atoms with E-state index < -0.39 is 24.9 Å². The topological polar surface area (TPSA) is 80.6 Å². The quantitative estimate of drug-likeness (QED) is 0.793. The number of hydrogen-bond donors (Lipinski definition) is 1. The van der Waals surface area contributed by atoms with Crippen molar-refractivity contribution in [2.75, 3.05) is 0 Å². The van der Waals surface area contributed by atoms with Crippen molar-refractivity contribution in [2.45, 2.75) is 84.1 Å². The van der Waals surface area contributed by atoms with E-state index in [0.717, 1.165) is 6.42 Å². The van der Waals surface area contributed by atoms with Crippen LogP contribution in [0.1, 0.15) is 54.4 Å². The first kappa shape index (κ1) is 18.5. The Labute approximate surface area is 150 Å². The van der Waals surface area contributed by atoms with Crippen LogP contribution in [0.5, 0.6) is 0 Å². The van der Waals surface area contributed by atoms with E-state index >= 15 is 0 Å². The van der Waals surface area contributed by atoms with Crippen LogP contribution < -0.4 is 5.32 Å². The molecule has 2 bridgehead atoms. The number of nitrogens with zero attached hydrogens (tertiary/aromatic N) is 1. The van der Waals surface area contributed by atoms with Crippen molar-refractivity contribution >= 4 is 13.2 Å². The first-order valence-electron chi connectivity index (χ1n) is 9.18. The summed E-state index contributed by atoms with van der Waals surface area (Å²) < 4.78 is 17.6. The third-order valence-electron chi connectivity index (χ3n) is 6.28. The van der Waals surface area contributed by atoms with Gasteiger partial charge in [-0.05, 0) is 57.8 Å². The Morgan fingerprint density at radius 2 is 2.08 bits per heavy atom. The molecule has 4 fully saturated rings. The molecule has 7 heteroatoms. The molecule has 0 radical (unpaired) electrons. The lowest BCUT2D eigenvalue weighted by molar-refractivity contribution is -0.199. The summed E-state index contributed by atoms with van der Waals surface area (Å²) in [7, 11) is -0.468. The molecule has 1 heterocycles. The number of ether oxygens (including phenoxy) is 1. The minimum absolute atomic E-state index is 0.0788. The maximum atomic E-state index is 11.9. The smallest absolute Gasteiger partial charge is 0.444 e. The molecular weight excluding hydrogens is 319 g/mol. The molecule has 0 aromatic heterocycles. The molecule has 0 aromatic carbocycles. The average Bonchev–Trinajstić information content (AvgIpc) is 2.79. The molecule has 1 N–H and O–H groups in total. The van der Waals surface area contributed by atoms with Crippen LogP contribution in [0, 0.1) is 28.6 Å². The third-order valence-corrected chi connectivity index (χ3v) is 6.28. The number of rotatable bonds is 3. The second-order valence-electron chi connectivity index (χ2n) is 9.46. The van der Waals surface area contributed by atoms with Gasteiger partial charge in [0, 0.05) is 6.32 Å². The molecule has 4 rings (SSSR count). The Morgan fingerprint density at radius 3 is 2.64 bits per heavy atom. The number of alkyl carbamates (subject to hydrolysis) is 1. The lowest BCUT2D eigenvalue weighted by atomic mass is 9.43. The van der Waals surface area contributed by atoms with E-state index in [1.165, 1.54) is 6.42 Å². The van der Waals surface area contributed by atoms with Gasteiger partial charge in [-0.15, -0.1) is 0 Å². The van der Waals surface area contributed by atoms with Gasteiger partial charge >= 0.3 is 13.2 Å². The first-order valence-corrected chi connectivity index (χ1v) is 9.18. The standard InChI is InChI=1S/C18H29BN2O4/c1-16(2,3)23-15(22)21-12(10-20)9-19-24-14-8-11-7-13(17(11,4)5)18(14,6)25-19/h11-14H,7-9H2,1-6H3,(H,21,22)/t11-,12+,13-,14+,18-/m1/s1. The molecule has 1 aliphatic heterocycles. The molecule has 5 atom stereocenters. The van der Waals surface area contributed by atoms with E-state index in [0.29, 0.717) is 18.2 Å². The Hall–Kier alpha value is -1.26. The van der Waals surface area contributed by atoms with Gasteiger partial charge in [-0.2, -0.15) is 5.26 Å².